The summed E-state index contributed by atoms with van der Waals surface area (Å²) in [7, 11) is 0. The van der Waals surface area contributed by atoms with Gasteiger partial charge in [0.15, 0.2) is 0 Å². The molecule has 2 heterocycles. The Morgan fingerprint density at radius 2 is 1.90 bits per heavy atom. The molecule has 0 saturated heterocycles. The Bertz CT molecular complexity index is 886. The number of aromatic amines is 3. The van der Waals surface area contributed by atoms with Gasteiger partial charge in [-0.25, -0.2) is 4.79 Å². The summed E-state index contributed by atoms with van der Waals surface area (Å²) in [6.07, 6.45) is 0. The van der Waals surface area contributed by atoms with E-state index >= 15 is 0 Å². The number of nitrogens with zero attached hydrogens (tertiary/aromatic N) is 1. The topological polar surface area (TPSA) is 106 Å². The van der Waals surface area contributed by atoms with E-state index in [1.165, 1.54) is 0 Å². The smallest absolute Gasteiger partial charge is 0.321 e. The molecule has 1 amide bonds. The van der Waals surface area contributed by atoms with Crippen molar-refractivity contribution in [2.75, 3.05) is 5.32 Å². The number of anilines is 1. The van der Waals surface area contributed by atoms with E-state index in [1.54, 1.807) is 26.0 Å². The van der Waals surface area contributed by atoms with Crippen molar-refractivity contribution in [3.8, 4) is 0 Å². The fourth-order valence-corrected chi connectivity index (χ4v) is 2.66. The molecule has 0 aliphatic carbocycles. The molecular formula is C13H12BrN5O2. The number of halogens is 1. The van der Waals surface area contributed by atoms with Gasteiger partial charge in [-0.1, -0.05) is 0 Å². The van der Waals surface area contributed by atoms with Gasteiger partial charge >= 0.3 is 5.69 Å². The summed E-state index contributed by atoms with van der Waals surface area (Å²) in [6.45, 7) is 3.55. The Hall–Kier alpha value is -2.35. The monoisotopic (exact) mass is 349 g/mol. The van der Waals surface area contributed by atoms with Crippen LogP contribution in [0.1, 0.15) is 21.7 Å². The van der Waals surface area contributed by atoms with Gasteiger partial charge in [0.25, 0.3) is 5.91 Å². The standard InChI is InChI=1S/C13H12BrN5O2/c1-5-11(6(2)19-18-5)12(20)15-8-4-10-9(3-7(8)14)16-13(21)17-10/h3-4H,1-2H3,(H,15,20)(H,18,19)(H2,16,17,21). The lowest BCUT2D eigenvalue weighted by atomic mass is 10.2. The number of H-pyrrole nitrogens is 3. The third kappa shape index (κ3) is 2.38. The molecule has 21 heavy (non-hydrogen) atoms. The van der Waals surface area contributed by atoms with Crippen LogP contribution >= 0.6 is 15.9 Å². The van der Waals surface area contributed by atoms with Crippen LogP contribution in [0.4, 0.5) is 5.69 Å². The van der Waals surface area contributed by atoms with Gasteiger partial charge < -0.3 is 15.3 Å². The predicted octanol–water partition coefficient (Wildman–Crippen LogP) is 2.21. The number of amides is 1. The van der Waals surface area contributed by atoms with Crippen molar-refractivity contribution < 1.29 is 4.79 Å². The van der Waals surface area contributed by atoms with Crippen molar-refractivity contribution in [3.63, 3.8) is 0 Å². The van der Waals surface area contributed by atoms with Crippen molar-refractivity contribution in [2.45, 2.75) is 13.8 Å². The van der Waals surface area contributed by atoms with Crippen LogP contribution < -0.4 is 11.0 Å². The second-order valence-electron chi connectivity index (χ2n) is 4.72. The Kier molecular flexibility index (Phi) is 3.17. The molecule has 0 radical (unpaired) electrons. The first-order valence-electron chi connectivity index (χ1n) is 6.20. The van der Waals surface area contributed by atoms with E-state index in [0.717, 1.165) is 0 Å². The predicted molar refractivity (Wildman–Crippen MR) is 82.6 cm³/mol. The van der Waals surface area contributed by atoms with E-state index in [4.69, 9.17) is 0 Å². The largest absolute Gasteiger partial charge is 0.323 e. The molecule has 0 bridgehead atoms. The molecule has 1 aromatic carbocycles. The number of carbonyl (C=O) groups is 1. The number of aryl methyl sites for hydroxylation is 2. The summed E-state index contributed by atoms with van der Waals surface area (Å²) < 4.78 is 0.678. The molecule has 108 valence electrons. The Morgan fingerprint density at radius 3 is 2.52 bits per heavy atom. The zero-order chi connectivity index (χ0) is 15.1. The zero-order valence-corrected chi connectivity index (χ0v) is 12.9. The first kappa shape index (κ1) is 13.6. The first-order valence-corrected chi connectivity index (χ1v) is 6.99. The number of hydrogen-bond acceptors (Lipinski definition) is 3. The number of fused-ring (bicyclic) bond motifs is 1. The Morgan fingerprint density at radius 1 is 1.24 bits per heavy atom. The quantitative estimate of drug-likeness (QED) is 0.569. The molecule has 4 N–H and O–H groups in total. The van der Waals surface area contributed by atoms with Crippen LogP contribution in [0.2, 0.25) is 0 Å². The highest BCUT2D eigenvalue weighted by molar-refractivity contribution is 9.10. The van der Waals surface area contributed by atoms with Crippen LogP contribution in [0.25, 0.3) is 11.0 Å². The summed E-state index contributed by atoms with van der Waals surface area (Å²) in [5, 5.41) is 9.59. The van der Waals surface area contributed by atoms with Gasteiger partial charge in [-0.15, -0.1) is 0 Å². The molecule has 0 fully saturated rings. The second kappa shape index (κ2) is 4.88. The number of nitrogens with one attached hydrogen (secondary N) is 4. The van der Waals surface area contributed by atoms with Crippen LogP contribution in [-0.2, 0) is 0 Å². The maximum absolute atomic E-state index is 12.3. The molecule has 0 atom stereocenters. The minimum absolute atomic E-state index is 0.253. The number of carbonyl (C=O) groups excluding carboxylic acids is 1. The van der Waals surface area contributed by atoms with E-state index in [0.29, 0.717) is 38.1 Å². The summed E-state index contributed by atoms with van der Waals surface area (Å²) in [4.78, 5) is 28.9. The maximum Gasteiger partial charge on any atom is 0.323 e. The van der Waals surface area contributed by atoms with Gasteiger partial charge in [-0.2, -0.15) is 5.10 Å². The van der Waals surface area contributed by atoms with Crippen LogP contribution in [0, 0.1) is 13.8 Å². The molecule has 2 aromatic heterocycles. The first-order chi connectivity index (χ1) is 9.95. The highest BCUT2D eigenvalue weighted by Gasteiger charge is 2.17. The lowest BCUT2D eigenvalue weighted by Gasteiger charge is -2.07. The molecule has 3 rings (SSSR count). The molecule has 0 saturated carbocycles. The molecule has 8 heteroatoms. The third-order valence-electron chi connectivity index (χ3n) is 3.21. The van der Waals surface area contributed by atoms with E-state index in [2.05, 4.69) is 41.4 Å². The van der Waals surface area contributed by atoms with Gasteiger partial charge in [-0.05, 0) is 41.9 Å². The zero-order valence-electron chi connectivity index (χ0n) is 11.3. The summed E-state index contributed by atoms with van der Waals surface area (Å²) in [5.41, 5.74) is 3.43. The third-order valence-corrected chi connectivity index (χ3v) is 3.86. The minimum atomic E-state index is -0.290. The van der Waals surface area contributed by atoms with Crippen molar-refractivity contribution in [1.82, 2.24) is 20.2 Å². The van der Waals surface area contributed by atoms with Gasteiger partial charge in [0.2, 0.25) is 0 Å². The summed E-state index contributed by atoms with van der Waals surface area (Å²) in [6, 6.07) is 3.43. The fraction of sp³-hybridized carbons (Fsp3) is 0.154. The molecule has 3 aromatic rings. The normalized spacial score (nSPS) is 11.0. The average molecular weight is 350 g/mol. The molecule has 0 aliphatic heterocycles. The Balaban J connectivity index is 1.99. The van der Waals surface area contributed by atoms with Crippen molar-refractivity contribution in [2.24, 2.45) is 0 Å². The van der Waals surface area contributed by atoms with Crippen molar-refractivity contribution in [1.29, 1.82) is 0 Å². The molecule has 7 nitrogen and oxygen atoms in total. The average Bonchev–Trinajstić information content (AvgIpc) is 2.91. The lowest BCUT2D eigenvalue weighted by Crippen LogP contribution is -2.14. The minimum Gasteiger partial charge on any atom is -0.321 e. The van der Waals surface area contributed by atoms with Crippen LogP contribution in [-0.4, -0.2) is 26.1 Å². The SMILES string of the molecule is Cc1n[nH]c(C)c1C(=O)Nc1cc2[nH]c(=O)[nH]c2cc1Br. The molecule has 0 aliphatic rings. The highest BCUT2D eigenvalue weighted by Crippen LogP contribution is 2.27. The number of hydrogen-bond donors (Lipinski definition) is 4. The lowest BCUT2D eigenvalue weighted by molar-refractivity contribution is 0.102. The number of rotatable bonds is 2. The summed E-state index contributed by atoms with van der Waals surface area (Å²) >= 11 is 3.38. The van der Waals surface area contributed by atoms with E-state index < -0.39 is 0 Å². The maximum atomic E-state index is 12.3. The van der Waals surface area contributed by atoms with Gasteiger partial charge in [0, 0.05) is 10.2 Å². The molecule has 0 unspecified atom stereocenters. The van der Waals surface area contributed by atoms with Crippen molar-refractivity contribution in [3.05, 3.63) is 44.0 Å². The fourth-order valence-electron chi connectivity index (χ4n) is 2.22. The molecule has 0 spiro atoms. The van der Waals surface area contributed by atoms with Crippen LogP contribution in [0.5, 0.6) is 0 Å². The van der Waals surface area contributed by atoms with Crippen LogP contribution in [0.3, 0.4) is 0 Å². The highest BCUT2D eigenvalue weighted by atomic mass is 79.9. The van der Waals surface area contributed by atoms with Gasteiger partial charge in [0.05, 0.1) is 28.0 Å². The van der Waals surface area contributed by atoms with Gasteiger partial charge in [-0.3, -0.25) is 9.89 Å². The van der Waals surface area contributed by atoms with E-state index in [1.807, 2.05) is 0 Å². The van der Waals surface area contributed by atoms with Gasteiger partial charge in [0.1, 0.15) is 0 Å². The van der Waals surface area contributed by atoms with Crippen LogP contribution in [0.15, 0.2) is 21.4 Å². The number of aromatic nitrogens is 4. The molecular weight excluding hydrogens is 338 g/mol. The summed E-state index contributed by atoms with van der Waals surface area (Å²) in [5.74, 6) is -0.253. The second-order valence-corrected chi connectivity index (χ2v) is 5.57. The van der Waals surface area contributed by atoms with Crippen molar-refractivity contribution >= 4 is 38.6 Å². The van der Waals surface area contributed by atoms with E-state index in [-0.39, 0.29) is 11.6 Å². The van der Waals surface area contributed by atoms with E-state index in [9.17, 15) is 9.59 Å². The Labute approximate surface area is 127 Å². The number of benzene rings is 1. The number of imidazole rings is 1.